The predicted molar refractivity (Wildman–Crippen MR) is 81.2 cm³/mol. The molecule has 0 spiro atoms. The molecule has 0 fully saturated rings. The van der Waals surface area contributed by atoms with E-state index in [4.69, 9.17) is 0 Å². The smallest absolute Gasteiger partial charge is 0.0113 e. The molecule has 0 amide bonds. The van der Waals surface area contributed by atoms with Gasteiger partial charge < -0.3 is 5.32 Å². The van der Waals surface area contributed by atoms with Gasteiger partial charge in [-0.3, -0.25) is 0 Å². The van der Waals surface area contributed by atoms with Crippen molar-refractivity contribution in [1.82, 2.24) is 5.32 Å². The molecule has 0 bridgehead atoms. The minimum Gasteiger partial charge on any atom is -0.316 e. The van der Waals surface area contributed by atoms with Crippen molar-refractivity contribution in [3.8, 4) is 0 Å². The Labute approximate surface area is 113 Å². The van der Waals surface area contributed by atoms with Crippen LogP contribution in [0.2, 0.25) is 0 Å². The molecule has 0 saturated heterocycles. The van der Waals surface area contributed by atoms with E-state index < -0.39 is 0 Å². The van der Waals surface area contributed by atoms with Crippen LogP contribution in [0, 0.1) is 19.3 Å². The Kier molecular flexibility index (Phi) is 5.40. The molecule has 1 aromatic rings. The van der Waals surface area contributed by atoms with Gasteiger partial charge in [-0.15, -0.1) is 0 Å². The standard InChI is InChI=1S/C17H29N/c1-13-10-14(2)12-15(11-13)8-7-9-16(18-6)17(3,4)5/h10-12,16,18H,7-9H2,1-6H3. The zero-order valence-electron chi connectivity index (χ0n) is 12.9. The van der Waals surface area contributed by atoms with E-state index in [1.807, 2.05) is 0 Å². The fourth-order valence-corrected chi connectivity index (χ4v) is 2.73. The Morgan fingerprint density at radius 3 is 2.06 bits per heavy atom. The largest absolute Gasteiger partial charge is 0.316 e. The van der Waals surface area contributed by atoms with Crippen LogP contribution in [0.15, 0.2) is 18.2 Å². The summed E-state index contributed by atoms with van der Waals surface area (Å²) in [5.41, 5.74) is 4.59. The number of nitrogens with one attached hydrogen (secondary N) is 1. The van der Waals surface area contributed by atoms with Gasteiger partial charge in [0.15, 0.2) is 0 Å². The Morgan fingerprint density at radius 2 is 1.61 bits per heavy atom. The molecule has 1 aromatic carbocycles. The molecular formula is C17H29N. The lowest BCUT2D eigenvalue weighted by Gasteiger charge is -2.30. The molecule has 18 heavy (non-hydrogen) atoms. The van der Waals surface area contributed by atoms with Gasteiger partial charge in [-0.25, -0.2) is 0 Å². The quantitative estimate of drug-likeness (QED) is 0.819. The fraction of sp³-hybridized carbons (Fsp3) is 0.647. The maximum atomic E-state index is 3.45. The summed E-state index contributed by atoms with van der Waals surface area (Å²) >= 11 is 0. The Balaban J connectivity index is 2.50. The maximum absolute atomic E-state index is 3.45. The van der Waals surface area contributed by atoms with Gasteiger partial charge in [-0.05, 0) is 51.1 Å². The van der Waals surface area contributed by atoms with E-state index in [0.717, 1.165) is 0 Å². The van der Waals surface area contributed by atoms with Gasteiger partial charge in [-0.2, -0.15) is 0 Å². The zero-order chi connectivity index (χ0) is 13.8. The fourth-order valence-electron chi connectivity index (χ4n) is 2.73. The van der Waals surface area contributed by atoms with Gasteiger partial charge in [0.25, 0.3) is 0 Å². The molecule has 1 rings (SSSR count). The van der Waals surface area contributed by atoms with Crippen LogP contribution < -0.4 is 5.32 Å². The number of aryl methyl sites for hydroxylation is 3. The summed E-state index contributed by atoms with van der Waals surface area (Å²) < 4.78 is 0. The summed E-state index contributed by atoms with van der Waals surface area (Å²) in [5.74, 6) is 0. The molecule has 0 aliphatic rings. The van der Waals surface area contributed by atoms with E-state index in [2.05, 4.69) is 65.2 Å². The Morgan fingerprint density at radius 1 is 1.06 bits per heavy atom. The topological polar surface area (TPSA) is 12.0 Å². The lowest BCUT2D eigenvalue weighted by atomic mass is 9.83. The summed E-state index contributed by atoms with van der Waals surface area (Å²) in [7, 11) is 2.08. The van der Waals surface area contributed by atoms with Crippen LogP contribution in [0.1, 0.15) is 50.3 Å². The van der Waals surface area contributed by atoms with Gasteiger partial charge in [0, 0.05) is 6.04 Å². The lowest BCUT2D eigenvalue weighted by molar-refractivity contribution is 0.263. The van der Waals surface area contributed by atoms with E-state index >= 15 is 0 Å². The minimum absolute atomic E-state index is 0.345. The zero-order valence-corrected chi connectivity index (χ0v) is 12.9. The number of hydrogen-bond donors (Lipinski definition) is 1. The number of benzene rings is 1. The summed E-state index contributed by atoms with van der Waals surface area (Å²) in [6.07, 6.45) is 3.69. The molecule has 1 unspecified atom stereocenters. The van der Waals surface area contributed by atoms with Gasteiger partial charge >= 0.3 is 0 Å². The summed E-state index contributed by atoms with van der Waals surface area (Å²) in [6, 6.07) is 7.48. The maximum Gasteiger partial charge on any atom is 0.0113 e. The van der Waals surface area contributed by atoms with Crippen LogP contribution in [0.3, 0.4) is 0 Å². The Hall–Kier alpha value is -0.820. The SMILES string of the molecule is CNC(CCCc1cc(C)cc(C)c1)C(C)(C)C. The van der Waals surface area contributed by atoms with Gasteiger partial charge in [0.05, 0.1) is 0 Å². The van der Waals surface area contributed by atoms with Crippen LogP contribution in [0.25, 0.3) is 0 Å². The molecule has 0 saturated carbocycles. The molecule has 0 aliphatic carbocycles. The van der Waals surface area contributed by atoms with Crippen LogP contribution >= 0.6 is 0 Å². The van der Waals surface area contributed by atoms with Gasteiger partial charge in [-0.1, -0.05) is 50.1 Å². The van der Waals surface area contributed by atoms with Crippen LogP contribution in [0.4, 0.5) is 0 Å². The van der Waals surface area contributed by atoms with Gasteiger partial charge in [0.1, 0.15) is 0 Å². The average molecular weight is 247 g/mol. The van der Waals surface area contributed by atoms with Crippen molar-refractivity contribution >= 4 is 0 Å². The normalized spacial score (nSPS) is 13.7. The molecule has 0 aliphatic heterocycles. The highest BCUT2D eigenvalue weighted by molar-refractivity contribution is 5.28. The summed E-state index contributed by atoms with van der Waals surface area (Å²) in [5, 5.41) is 3.45. The number of hydrogen-bond acceptors (Lipinski definition) is 1. The second-order valence-corrected chi connectivity index (χ2v) is 6.60. The highest BCUT2D eigenvalue weighted by Crippen LogP contribution is 2.23. The van der Waals surface area contributed by atoms with Crippen molar-refractivity contribution in [3.63, 3.8) is 0 Å². The third-order valence-electron chi connectivity index (χ3n) is 3.63. The minimum atomic E-state index is 0.345. The second-order valence-electron chi connectivity index (χ2n) is 6.60. The first-order valence-corrected chi connectivity index (χ1v) is 7.07. The van der Waals surface area contributed by atoms with Crippen molar-refractivity contribution < 1.29 is 0 Å². The summed E-state index contributed by atoms with van der Waals surface area (Å²) in [4.78, 5) is 0. The Bertz CT molecular complexity index is 353. The van der Waals surface area contributed by atoms with E-state index in [0.29, 0.717) is 11.5 Å². The lowest BCUT2D eigenvalue weighted by Crippen LogP contribution is -2.37. The van der Waals surface area contributed by atoms with Crippen molar-refractivity contribution in [2.75, 3.05) is 7.05 Å². The van der Waals surface area contributed by atoms with Crippen LogP contribution in [-0.2, 0) is 6.42 Å². The molecule has 1 nitrogen and oxygen atoms in total. The first kappa shape index (κ1) is 15.2. The van der Waals surface area contributed by atoms with Crippen LogP contribution in [0.5, 0.6) is 0 Å². The molecule has 1 N–H and O–H groups in total. The molecule has 0 aromatic heterocycles. The van der Waals surface area contributed by atoms with Gasteiger partial charge in [0.2, 0.25) is 0 Å². The highest BCUT2D eigenvalue weighted by Gasteiger charge is 2.22. The van der Waals surface area contributed by atoms with E-state index in [9.17, 15) is 0 Å². The molecule has 0 heterocycles. The second kappa shape index (κ2) is 6.38. The van der Waals surface area contributed by atoms with E-state index in [1.165, 1.54) is 36.0 Å². The van der Waals surface area contributed by atoms with Crippen molar-refractivity contribution in [1.29, 1.82) is 0 Å². The van der Waals surface area contributed by atoms with Crippen molar-refractivity contribution in [3.05, 3.63) is 34.9 Å². The first-order chi connectivity index (χ1) is 8.32. The monoisotopic (exact) mass is 247 g/mol. The third kappa shape index (κ3) is 4.81. The molecular weight excluding hydrogens is 218 g/mol. The van der Waals surface area contributed by atoms with E-state index in [1.54, 1.807) is 0 Å². The average Bonchev–Trinajstić information content (AvgIpc) is 2.21. The molecule has 1 heteroatoms. The molecule has 0 radical (unpaired) electrons. The van der Waals surface area contributed by atoms with Crippen LogP contribution in [-0.4, -0.2) is 13.1 Å². The van der Waals surface area contributed by atoms with E-state index in [-0.39, 0.29) is 0 Å². The molecule has 1 atom stereocenters. The number of rotatable bonds is 5. The molecule has 102 valence electrons. The summed E-state index contributed by atoms with van der Waals surface area (Å²) in [6.45, 7) is 11.3. The predicted octanol–water partition coefficient (Wildman–Crippen LogP) is 4.26. The highest BCUT2D eigenvalue weighted by atomic mass is 14.9. The first-order valence-electron chi connectivity index (χ1n) is 7.07. The van der Waals surface area contributed by atoms with Crippen molar-refractivity contribution in [2.45, 2.75) is 59.9 Å². The van der Waals surface area contributed by atoms with Crippen molar-refractivity contribution in [2.24, 2.45) is 5.41 Å². The third-order valence-corrected chi connectivity index (χ3v) is 3.63.